The molecule has 0 spiro atoms. The van der Waals surface area contributed by atoms with Crippen LogP contribution in [0, 0.1) is 0 Å². The predicted octanol–water partition coefficient (Wildman–Crippen LogP) is 4.05. The molecule has 0 saturated heterocycles. The molecule has 6 nitrogen and oxygen atoms in total. The molecule has 3 rings (SSSR count). The van der Waals surface area contributed by atoms with E-state index >= 15 is 0 Å². The van der Waals surface area contributed by atoms with Crippen molar-refractivity contribution in [1.29, 1.82) is 0 Å². The largest absolute Gasteiger partial charge is 0.362 e. The quantitative estimate of drug-likeness (QED) is 0.623. The molecule has 1 heterocycles. The summed E-state index contributed by atoms with van der Waals surface area (Å²) in [5.74, 6) is -0.657. The predicted molar refractivity (Wildman–Crippen MR) is 122 cm³/mol. The molecule has 0 aliphatic carbocycles. The van der Waals surface area contributed by atoms with Crippen LogP contribution in [0.3, 0.4) is 0 Å². The number of unbranched alkanes of at least 4 members (excludes halogenated alkanes) is 1. The van der Waals surface area contributed by atoms with Gasteiger partial charge in [-0.15, -0.1) is 0 Å². The minimum Gasteiger partial charge on any atom is -0.362 e. The van der Waals surface area contributed by atoms with E-state index in [0.717, 1.165) is 18.4 Å². The Labute approximate surface area is 183 Å². The number of rotatable bonds is 9. The van der Waals surface area contributed by atoms with Gasteiger partial charge in [0.05, 0.1) is 5.57 Å². The first-order valence-corrected chi connectivity index (χ1v) is 10.7. The number of anilines is 1. The van der Waals surface area contributed by atoms with Crippen molar-refractivity contribution < 1.29 is 14.4 Å². The lowest BCUT2D eigenvalue weighted by Gasteiger charge is -2.25. The summed E-state index contributed by atoms with van der Waals surface area (Å²) in [7, 11) is 0. The number of carbonyl (C=O) groups excluding carboxylic acids is 3. The molecule has 0 atom stereocenters. The first kappa shape index (κ1) is 22.3. The van der Waals surface area contributed by atoms with E-state index in [4.69, 9.17) is 0 Å². The van der Waals surface area contributed by atoms with Crippen molar-refractivity contribution in [2.45, 2.75) is 40.2 Å². The van der Waals surface area contributed by atoms with Crippen LogP contribution in [0.1, 0.15) is 44.7 Å². The van der Waals surface area contributed by atoms with Gasteiger partial charge >= 0.3 is 0 Å². The number of likely N-dealkylation sites (N-methyl/N-ethyl adjacent to an activating group) is 1. The molecule has 6 heteroatoms. The molecule has 0 saturated carbocycles. The maximum absolute atomic E-state index is 13.4. The van der Waals surface area contributed by atoms with E-state index in [1.165, 1.54) is 11.8 Å². The Morgan fingerprint density at radius 2 is 1.65 bits per heavy atom. The number of imide groups is 1. The lowest BCUT2D eigenvalue weighted by Crippen LogP contribution is -2.35. The SMILES string of the molecule is CCCCN1C(=O)C(c2ccc(NC(C)=O)cc2)=C(N(CC)Cc2ccccc2)C1=O. The van der Waals surface area contributed by atoms with Gasteiger partial charge in [0.1, 0.15) is 5.70 Å². The molecule has 3 amide bonds. The Kier molecular flexibility index (Phi) is 7.23. The standard InChI is InChI=1S/C25H29N3O3/c1-4-6-16-28-24(30)22(20-12-14-21(15-13-20)26-18(3)29)23(25(28)31)27(5-2)17-19-10-8-7-9-11-19/h7-15H,4-6,16-17H2,1-3H3,(H,26,29). The highest BCUT2D eigenvalue weighted by molar-refractivity contribution is 6.35. The zero-order chi connectivity index (χ0) is 22.4. The normalized spacial score (nSPS) is 13.7. The fourth-order valence-electron chi connectivity index (χ4n) is 3.71. The van der Waals surface area contributed by atoms with Crippen LogP contribution in [0.25, 0.3) is 5.57 Å². The van der Waals surface area contributed by atoms with Crippen molar-refractivity contribution in [1.82, 2.24) is 9.80 Å². The van der Waals surface area contributed by atoms with E-state index in [9.17, 15) is 14.4 Å². The molecule has 2 aromatic rings. The van der Waals surface area contributed by atoms with Crippen LogP contribution < -0.4 is 5.32 Å². The van der Waals surface area contributed by atoms with Crippen LogP contribution in [-0.4, -0.2) is 40.6 Å². The van der Waals surface area contributed by atoms with Crippen LogP contribution in [-0.2, 0) is 20.9 Å². The van der Waals surface area contributed by atoms with Crippen molar-refractivity contribution >= 4 is 29.0 Å². The maximum Gasteiger partial charge on any atom is 0.277 e. The first-order chi connectivity index (χ1) is 15.0. The van der Waals surface area contributed by atoms with E-state index in [1.807, 2.05) is 49.1 Å². The van der Waals surface area contributed by atoms with Gasteiger partial charge in [0, 0.05) is 32.2 Å². The van der Waals surface area contributed by atoms with Crippen LogP contribution in [0.2, 0.25) is 0 Å². The van der Waals surface area contributed by atoms with Crippen molar-refractivity contribution in [2.75, 3.05) is 18.4 Å². The Morgan fingerprint density at radius 3 is 2.23 bits per heavy atom. The molecule has 2 aromatic carbocycles. The molecule has 0 fully saturated rings. The molecular formula is C25H29N3O3. The van der Waals surface area contributed by atoms with E-state index in [-0.39, 0.29) is 17.7 Å². The molecule has 0 radical (unpaired) electrons. The van der Waals surface area contributed by atoms with Crippen molar-refractivity contribution in [3.05, 3.63) is 71.4 Å². The minimum absolute atomic E-state index is 0.162. The first-order valence-electron chi connectivity index (χ1n) is 10.7. The van der Waals surface area contributed by atoms with Crippen LogP contribution in [0.5, 0.6) is 0 Å². The molecular weight excluding hydrogens is 390 g/mol. The van der Waals surface area contributed by atoms with Gasteiger partial charge in [-0.25, -0.2) is 0 Å². The molecule has 1 aliphatic rings. The smallest absolute Gasteiger partial charge is 0.277 e. The summed E-state index contributed by atoms with van der Waals surface area (Å²) in [5.41, 5.74) is 3.26. The summed E-state index contributed by atoms with van der Waals surface area (Å²) in [6.45, 7) is 7.02. The fourth-order valence-corrected chi connectivity index (χ4v) is 3.71. The zero-order valence-electron chi connectivity index (χ0n) is 18.4. The second-order valence-electron chi connectivity index (χ2n) is 7.60. The van der Waals surface area contributed by atoms with Gasteiger partial charge in [0.25, 0.3) is 11.8 Å². The average Bonchev–Trinajstić information content (AvgIpc) is 3.01. The highest BCUT2D eigenvalue weighted by Crippen LogP contribution is 2.33. The van der Waals surface area contributed by atoms with Gasteiger partial charge in [0.15, 0.2) is 0 Å². The Bertz CT molecular complexity index is 981. The van der Waals surface area contributed by atoms with Crippen LogP contribution >= 0.6 is 0 Å². The highest BCUT2D eigenvalue weighted by Gasteiger charge is 2.40. The van der Waals surface area contributed by atoms with Crippen LogP contribution in [0.15, 0.2) is 60.3 Å². The van der Waals surface area contributed by atoms with E-state index in [0.29, 0.717) is 42.2 Å². The summed E-state index contributed by atoms with van der Waals surface area (Å²) in [6.07, 6.45) is 1.67. The lowest BCUT2D eigenvalue weighted by atomic mass is 10.0. The number of carbonyl (C=O) groups is 3. The van der Waals surface area contributed by atoms with Gasteiger partial charge in [0.2, 0.25) is 5.91 Å². The summed E-state index contributed by atoms with van der Waals surface area (Å²) < 4.78 is 0. The summed E-state index contributed by atoms with van der Waals surface area (Å²) in [5, 5.41) is 2.73. The van der Waals surface area contributed by atoms with E-state index in [2.05, 4.69) is 5.32 Å². The summed E-state index contributed by atoms with van der Waals surface area (Å²) >= 11 is 0. The topological polar surface area (TPSA) is 69.7 Å². The zero-order valence-corrected chi connectivity index (χ0v) is 18.4. The highest BCUT2D eigenvalue weighted by atomic mass is 16.2. The Balaban J connectivity index is 2.02. The van der Waals surface area contributed by atoms with Crippen molar-refractivity contribution in [2.24, 2.45) is 0 Å². The van der Waals surface area contributed by atoms with Crippen molar-refractivity contribution in [3.63, 3.8) is 0 Å². The van der Waals surface area contributed by atoms with Gasteiger partial charge in [-0.05, 0) is 36.6 Å². The minimum atomic E-state index is -0.257. The van der Waals surface area contributed by atoms with Gasteiger partial charge in [-0.3, -0.25) is 19.3 Å². The van der Waals surface area contributed by atoms with Crippen molar-refractivity contribution in [3.8, 4) is 0 Å². The summed E-state index contributed by atoms with van der Waals surface area (Å²) in [4.78, 5) is 41.3. The molecule has 162 valence electrons. The maximum atomic E-state index is 13.4. The van der Waals surface area contributed by atoms with Gasteiger partial charge in [-0.2, -0.15) is 0 Å². The second-order valence-corrected chi connectivity index (χ2v) is 7.60. The average molecular weight is 420 g/mol. The number of nitrogens with one attached hydrogen (secondary N) is 1. The van der Waals surface area contributed by atoms with Gasteiger partial charge < -0.3 is 10.2 Å². The number of hydrogen-bond acceptors (Lipinski definition) is 4. The molecule has 31 heavy (non-hydrogen) atoms. The third-order valence-electron chi connectivity index (χ3n) is 5.29. The molecule has 0 unspecified atom stereocenters. The van der Waals surface area contributed by atoms with E-state index < -0.39 is 0 Å². The summed E-state index contributed by atoms with van der Waals surface area (Å²) in [6, 6.07) is 17.0. The lowest BCUT2D eigenvalue weighted by molar-refractivity contribution is -0.137. The van der Waals surface area contributed by atoms with E-state index in [1.54, 1.807) is 24.3 Å². The molecule has 1 N–H and O–H groups in total. The Hall–Kier alpha value is -3.41. The van der Waals surface area contributed by atoms with Crippen LogP contribution in [0.4, 0.5) is 5.69 Å². The Morgan fingerprint density at radius 1 is 0.968 bits per heavy atom. The fraction of sp³-hybridized carbons (Fsp3) is 0.320. The third kappa shape index (κ3) is 5.02. The van der Waals surface area contributed by atoms with Gasteiger partial charge in [-0.1, -0.05) is 55.8 Å². The molecule has 1 aliphatic heterocycles. The number of nitrogens with zero attached hydrogens (tertiary/aromatic N) is 2. The number of hydrogen-bond donors (Lipinski definition) is 1. The monoisotopic (exact) mass is 419 g/mol. The number of amides is 3. The molecule has 0 aromatic heterocycles. The number of benzene rings is 2. The molecule has 0 bridgehead atoms. The third-order valence-corrected chi connectivity index (χ3v) is 5.29. The second kappa shape index (κ2) is 10.1.